The zero-order valence-electron chi connectivity index (χ0n) is 15.2. The van der Waals surface area contributed by atoms with Crippen molar-refractivity contribution in [2.24, 2.45) is 0 Å². The maximum Gasteiger partial charge on any atom is -0.0351 e. The normalized spacial score (nSPS) is 11.5. The van der Waals surface area contributed by atoms with Gasteiger partial charge in [-0.25, -0.2) is 0 Å². The summed E-state index contributed by atoms with van der Waals surface area (Å²) in [5.74, 6) is 0. The minimum Gasteiger partial charge on any atom is -0.0885 e. The van der Waals surface area contributed by atoms with Gasteiger partial charge in [-0.1, -0.05) is 109 Å². The first-order valence-corrected chi connectivity index (χ1v) is 10.1. The van der Waals surface area contributed by atoms with E-state index < -0.39 is 0 Å². The number of hydrogen-bond donors (Lipinski definition) is 0. The smallest absolute Gasteiger partial charge is 0.0351 e. The largest absolute Gasteiger partial charge is 0.0885 e. The van der Waals surface area contributed by atoms with E-state index in [1.165, 1.54) is 109 Å². The van der Waals surface area contributed by atoms with Crippen LogP contribution >= 0.6 is 0 Å². The molecule has 0 aliphatic rings. The van der Waals surface area contributed by atoms with Crippen molar-refractivity contribution in [3.05, 3.63) is 12.2 Å². The maximum atomic E-state index is 2.42. The minimum absolute atomic E-state index is 1.31. The summed E-state index contributed by atoms with van der Waals surface area (Å²) in [7, 11) is 0. The number of hydrogen-bond acceptors (Lipinski definition) is 0. The minimum atomic E-state index is 1.31. The van der Waals surface area contributed by atoms with Crippen LogP contribution in [0.1, 0.15) is 123 Å². The molecule has 0 aromatic heterocycles. The Morgan fingerprint density at radius 1 is 0.381 bits per heavy atom. The van der Waals surface area contributed by atoms with Crippen LogP contribution in [0.25, 0.3) is 0 Å². The number of unbranched alkanes of at least 4 members (excludes halogenated alkanes) is 15. The van der Waals surface area contributed by atoms with Gasteiger partial charge in [0, 0.05) is 0 Å². The van der Waals surface area contributed by atoms with Crippen molar-refractivity contribution in [2.75, 3.05) is 0 Å². The summed E-state index contributed by atoms with van der Waals surface area (Å²) in [5, 5.41) is 0. The number of rotatable bonds is 17. The van der Waals surface area contributed by atoms with Crippen molar-refractivity contribution in [2.45, 2.75) is 123 Å². The standard InChI is InChI=1S/C21H42/c1-3-5-7-9-11-13-15-17-19-21-20-18-16-14-12-10-8-6-4-2/h17,19H,3-16,18,20-21H2,1-2H3/b19-17-. The maximum absolute atomic E-state index is 2.42. The molecule has 0 aliphatic heterocycles. The molecule has 21 heavy (non-hydrogen) atoms. The third-order valence-electron chi connectivity index (χ3n) is 4.37. The third-order valence-corrected chi connectivity index (χ3v) is 4.37. The Kier molecular flexibility index (Phi) is 19.5. The Balaban J connectivity index is 3.02. The summed E-state index contributed by atoms with van der Waals surface area (Å²) >= 11 is 0. The summed E-state index contributed by atoms with van der Waals surface area (Å²) in [6.07, 6.45) is 28.9. The van der Waals surface area contributed by atoms with E-state index in [2.05, 4.69) is 26.0 Å². The van der Waals surface area contributed by atoms with E-state index in [0.717, 1.165) is 0 Å². The molecular weight excluding hydrogens is 252 g/mol. The first kappa shape index (κ1) is 20.7. The summed E-state index contributed by atoms with van der Waals surface area (Å²) < 4.78 is 0. The molecule has 0 fully saturated rings. The van der Waals surface area contributed by atoms with E-state index in [1.54, 1.807) is 0 Å². The van der Waals surface area contributed by atoms with Crippen molar-refractivity contribution in [1.82, 2.24) is 0 Å². The van der Waals surface area contributed by atoms with Crippen LogP contribution in [0.15, 0.2) is 12.2 Å². The average Bonchev–Trinajstić information content (AvgIpc) is 2.50. The molecule has 0 saturated heterocycles. The Morgan fingerprint density at radius 2 is 0.667 bits per heavy atom. The van der Waals surface area contributed by atoms with E-state index in [1.807, 2.05) is 0 Å². The van der Waals surface area contributed by atoms with Crippen LogP contribution in [0.5, 0.6) is 0 Å². The van der Waals surface area contributed by atoms with Crippen molar-refractivity contribution >= 4 is 0 Å². The zero-order valence-corrected chi connectivity index (χ0v) is 15.2. The topological polar surface area (TPSA) is 0 Å². The first-order valence-electron chi connectivity index (χ1n) is 10.1. The summed E-state index contributed by atoms with van der Waals surface area (Å²) in [6.45, 7) is 4.58. The molecular formula is C21H42. The van der Waals surface area contributed by atoms with Gasteiger partial charge in [0.05, 0.1) is 0 Å². The lowest BCUT2D eigenvalue weighted by Crippen LogP contribution is -1.81. The molecule has 0 atom stereocenters. The zero-order chi connectivity index (χ0) is 15.4. The Hall–Kier alpha value is -0.260. The molecule has 0 aromatic rings. The second-order valence-corrected chi connectivity index (χ2v) is 6.64. The second-order valence-electron chi connectivity index (χ2n) is 6.64. The predicted octanol–water partition coefficient (Wildman–Crippen LogP) is 8.21. The Morgan fingerprint density at radius 3 is 1.00 bits per heavy atom. The van der Waals surface area contributed by atoms with Gasteiger partial charge in [0.15, 0.2) is 0 Å². The highest BCUT2D eigenvalue weighted by atomic mass is 14.0. The summed E-state index contributed by atoms with van der Waals surface area (Å²) in [6, 6.07) is 0. The van der Waals surface area contributed by atoms with Crippen molar-refractivity contribution in [3.63, 3.8) is 0 Å². The van der Waals surface area contributed by atoms with Gasteiger partial charge in [-0.05, 0) is 25.7 Å². The summed E-state index contributed by atoms with van der Waals surface area (Å²) in [5.41, 5.74) is 0. The fourth-order valence-electron chi connectivity index (χ4n) is 2.85. The molecule has 0 N–H and O–H groups in total. The summed E-state index contributed by atoms with van der Waals surface area (Å²) in [4.78, 5) is 0. The Bertz CT molecular complexity index is 192. The highest BCUT2D eigenvalue weighted by Gasteiger charge is 1.91. The predicted molar refractivity (Wildman–Crippen MR) is 99.0 cm³/mol. The monoisotopic (exact) mass is 294 g/mol. The average molecular weight is 295 g/mol. The van der Waals surface area contributed by atoms with Crippen molar-refractivity contribution in [1.29, 1.82) is 0 Å². The molecule has 0 spiro atoms. The van der Waals surface area contributed by atoms with Gasteiger partial charge in [-0.3, -0.25) is 0 Å². The van der Waals surface area contributed by atoms with E-state index in [9.17, 15) is 0 Å². The van der Waals surface area contributed by atoms with Crippen LogP contribution in [0.4, 0.5) is 0 Å². The molecule has 0 heteroatoms. The van der Waals surface area contributed by atoms with Gasteiger partial charge in [-0.15, -0.1) is 0 Å². The Labute approximate surface area is 135 Å². The molecule has 0 saturated carbocycles. The van der Waals surface area contributed by atoms with Gasteiger partial charge in [0.1, 0.15) is 0 Å². The van der Waals surface area contributed by atoms with Crippen LogP contribution in [-0.4, -0.2) is 0 Å². The van der Waals surface area contributed by atoms with E-state index in [0.29, 0.717) is 0 Å². The molecule has 0 bridgehead atoms. The quantitative estimate of drug-likeness (QED) is 0.187. The molecule has 0 aliphatic carbocycles. The van der Waals surface area contributed by atoms with Crippen LogP contribution in [-0.2, 0) is 0 Å². The lowest BCUT2D eigenvalue weighted by atomic mass is 10.1. The first-order chi connectivity index (χ1) is 10.4. The lowest BCUT2D eigenvalue weighted by Gasteiger charge is -2.00. The molecule has 0 heterocycles. The fourth-order valence-corrected chi connectivity index (χ4v) is 2.85. The second kappa shape index (κ2) is 19.7. The highest BCUT2D eigenvalue weighted by molar-refractivity contribution is 4.81. The van der Waals surface area contributed by atoms with Crippen LogP contribution in [0.2, 0.25) is 0 Å². The molecule has 0 amide bonds. The van der Waals surface area contributed by atoms with Crippen LogP contribution in [0, 0.1) is 0 Å². The fraction of sp³-hybridized carbons (Fsp3) is 0.905. The van der Waals surface area contributed by atoms with Crippen molar-refractivity contribution < 1.29 is 0 Å². The van der Waals surface area contributed by atoms with Gasteiger partial charge in [-0.2, -0.15) is 0 Å². The van der Waals surface area contributed by atoms with Gasteiger partial charge in [0.2, 0.25) is 0 Å². The molecule has 0 nitrogen and oxygen atoms in total. The van der Waals surface area contributed by atoms with Gasteiger partial charge < -0.3 is 0 Å². The van der Waals surface area contributed by atoms with Crippen LogP contribution < -0.4 is 0 Å². The van der Waals surface area contributed by atoms with E-state index >= 15 is 0 Å². The van der Waals surface area contributed by atoms with Gasteiger partial charge >= 0.3 is 0 Å². The number of allylic oxidation sites excluding steroid dienone is 2. The highest BCUT2D eigenvalue weighted by Crippen LogP contribution is 2.11. The van der Waals surface area contributed by atoms with Crippen LogP contribution in [0.3, 0.4) is 0 Å². The molecule has 0 aromatic carbocycles. The van der Waals surface area contributed by atoms with E-state index in [-0.39, 0.29) is 0 Å². The third kappa shape index (κ3) is 19.7. The lowest BCUT2D eigenvalue weighted by molar-refractivity contribution is 0.566. The molecule has 0 rings (SSSR count). The van der Waals surface area contributed by atoms with Crippen molar-refractivity contribution in [3.8, 4) is 0 Å². The SMILES string of the molecule is CCCCCCCC/C=C\CCCCCCCCCCC. The molecule has 126 valence electrons. The molecule has 0 unspecified atom stereocenters. The van der Waals surface area contributed by atoms with Gasteiger partial charge in [0.25, 0.3) is 0 Å². The molecule has 0 radical (unpaired) electrons. The van der Waals surface area contributed by atoms with E-state index in [4.69, 9.17) is 0 Å².